The average molecular weight is 305 g/mol. The van der Waals surface area contributed by atoms with Gasteiger partial charge >= 0.3 is 0 Å². The summed E-state index contributed by atoms with van der Waals surface area (Å²) in [5, 5.41) is 14.2. The number of piperidine rings is 1. The molecule has 0 spiro atoms. The highest BCUT2D eigenvalue weighted by Gasteiger charge is 2.26. The van der Waals surface area contributed by atoms with Crippen molar-refractivity contribution < 1.29 is 14.0 Å². The number of aliphatic hydroxyl groups is 1. The Morgan fingerprint density at radius 3 is 2.86 bits per heavy atom. The molecule has 1 aliphatic heterocycles. The van der Waals surface area contributed by atoms with Gasteiger partial charge in [-0.05, 0) is 44.0 Å². The molecule has 0 amide bonds. The van der Waals surface area contributed by atoms with Crippen LogP contribution in [0.3, 0.4) is 0 Å². The zero-order valence-electron chi connectivity index (χ0n) is 12.6. The van der Waals surface area contributed by atoms with Crippen molar-refractivity contribution in [3.63, 3.8) is 0 Å². The van der Waals surface area contributed by atoms with Gasteiger partial charge in [-0.3, -0.25) is 4.90 Å². The van der Waals surface area contributed by atoms with Gasteiger partial charge in [0.25, 0.3) is 0 Å². The first-order valence-electron chi connectivity index (χ1n) is 7.58. The van der Waals surface area contributed by atoms with Gasteiger partial charge in [-0.1, -0.05) is 17.3 Å². The third-order valence-corrected chi connectivity index (χ3v) is 4.08. The van der Waals surface area contributed by atoms with Crippen LogP contribution in [0.25, 0.3) is 0 Å². The molecule has 0 radical (unpaired) electrons. The van der Waals surface area contributed by atoms with E-state index in [1.165, 1.54) is 12.1 Å². The zero-order valence-corrected chi connectivity index (χ0v) is 12.6. The first-order valence-corrected chi connectivity index (χ1v) is 7.58. The molecule has 1 aromatic carbocycles. The smallest absolute Gasteiger partial charge is 0.231 e. The molecule has 0 aliphatic carbocycles. The van der Waals surface area contributed by atoms with Crippen molar-refractivity contribution in [3.05, 3.63) is 47.4 Å². The number of benzene rings is 1. The zero-order chi connectivity index (χ0) is 15.5. The predicted molar refractivity (Wildman–Crippen MR) is 78.8 cm³/mol. The van der Waals surface area contributed by atoms with Crippen LogP contribution in [0.2, 0.25) is 0 Å². The van der Waals surface area contributed by atoms with Crippen molar-refractivity contribution in [3.8, 4) is 0 Å². The Morgan fingerprint density at radius 1 is 1.41 bits per heavy atom. The first kappa shape index (κ1) is 15.1. The molecule has 5 nitrogen and oxygen atoms in total. The topological polar surface area (TPSA) is 62.4 Å². The van der Waals surface area contributed by atoms with E-state index in [1.54, 1.807) is 12.1 Å². The monoisotopic (exact) mass is 305 g/mol. The highest BCUT2D eigenvalue weighted by Crippen LogP contribution is 2.27. The second kappa shape index (κ2) is 6.54. The molecule has 1 saturated heterocycles. The van der Waals surface area contributed by atoms with Gasteiger partial charge < -0.3 is 9.63 Å². The highest BCUT2D eigenvalue weighted by molar-refractivity contribution is 5.18. The Bertz CT molecular complexity index is 614. The minimum absolute atomic E-state index is 0.218. The van der Waals surface area contributed by atoms with E-state index in [0.717, 1.165) is 31.5 Å². The Labute approximate surface area is 128 Å². The lowest BCUT2D eigenvalue weighted by molar-refractivity contribution is 0.0910. The van der Waals surface area contributed by atoms with E-state index in [9.17, 15) is 9.50 Å². The van der Waals surface area contributed by atoms with Gasteiger partial charge in [0.15, 0.2) is 5.82 Å². The number of likely N-dealkylation sites (tertiary alicyclic amines) is 1. The molecule has 1 aliphatic rings. The third-order valence-electron chi connectivity index (χ3n) is 4.08. The maximum atomic E-state index is 12.9. The van der Waals surface area contributed by atoms with E-state index < -0.39 is 6.10 Å². The molecule has 1 fully saturated rings. The van der Waals surface area contributed by atoms with E-state index in [4.69, 9.17) is 4.52 Å². The Hall–Kier alpha value is -1.79. The Morgan fingerprint density at radius 2 is 2.18 bits per heavy atom. The van der Waals surface area contributed by atoms with Crippen molar-refractivity contribution in [2.45, 2.75) is 31.8 Å². The van der Waals surface area contributed by atoms with E-state index in [1.807, 2.05) is 6.92 Å². The molecular weight excluding hydrogens is 285 g/mol. The number of nitrogens with zero attached hydrogens (tertiary/aromatic N) is 3. The van der Waals surface area contributed by atoms with Crippen LogP contribution in [0.5, 0.6) is 0 Å². The molecule has 0 bridgehead atoms. The van der Waals surface area contributed by atoms with Crippen molar-refractivity contribution in [2.24, 2.45) is 0 Å². The highest BCUT2D eigenvalue weighted by atomic mass is 19.1. The lowest BCUT2D eigenvalue weighted by Gasteiger charge is -2.32. The largest absolute Gasteiger partial charge is 0.387 e. The molecule has 1 aromatic heterocycles. The van der Waals surface area contributed by atoms with Crippen LogP contribution in [-0.4, -0.2) is 39.8 Å². The van der Waals surface area contributed by atoms with Gasteiger partial charge in [-0.15, -0.1) is 0 Å². The molecule has 3 rings (SSSR count). The van der Waals surface area contributed by atoms with E-state index in [2.05, 4.69) is 15.0 Å². The fraction of sp³-hybridized carbons (Fsp3) is 0.500. The number of aliphatic hydroxyl groups excluding tert-OH is 1. The van der Waals surface area contributed by atoms with Crippen molar-refractivity contribution >= 4 is 0 Å². The molecule has 0 saturated carbocycles. The van der Waals surface area contributed by atoms with Crippen LogP contribution < -0.4 is 0 Å². The molecule has 2 aromatic rings. The summed E-state index contributed by atoms with van der Waals surface area (Å²) in [6.45, 7) is 4.06. The molecule has 1 N–H and O–H groups in total. The second-order valence-corrected chi connectivity index (χ2v) is 5.85. The van der Waals surface area contributed by atoms with Crippen LogP contribution >= 0.6 is 0 Å². The number of halogens is 1. The molecular formula is C16H20FN3O2. The fourth-order valence-corrected chi connectivity index (χ4v) is 2.94. The lowest BCUT2D eigenvalue weighted by atomic mass is 9.97. The molecule has 22 heavy (non-hydrogen) atoms. The fourth-order valence-electron chi connectivity index (χ4n) is 2.94. The third kappa shape index (κ3) is 3.51. The molecule has 0 unspecified atom stereocenters. The van der Waals surface area contributed by atoms with Gasteiger partial charge in [0.2, 0.25) is 5.89 Å². The van der Waals surface area contributed by atoms with Crippen molar-refractivity contribution in [2.75, 3.05) is 19.6 Å². The van der Waals surface area contributed by atoms with E-state index in [-0.39, 0.29) is 11.7 Å². The number of rotatable bonds is 4. The number of β-amino-alcohol motifs (C(OH)–C–C–N with tert-alkyl or cyclic N) is 1. The Kier molecular flexibility index (Phi) is 4.49. The maximum Gasteiger partial charge on any atom is 0.231 e. The average Bonchev–Trinajstić information content (AvgIpc) is 2.95. The van der Waals surface area contributed by atoms with E-state index >= 15 is 0 Å². The first-order chi connectivity index (χ1) is 10.6. The summed E-state index contributed by atoms with van der Waals surface area (Å²) < 4.78 is 18.2. The van der Waals surface area contributed by atoms with Crippen LogP contribution in [0.4, 0.5) is 4.39 Å². The Balaban J connectivity index is 1.61. The van der Waals surface area contributed by atoms with Crippen LogP contribution in [0.15, 0.2) is 28.8 Å². The molecule has 6 heteroatoms. The van der Waals surface area contributed by atoms with Gasteiger partial charge in [0.05, 0.1) is 12.0 Å². The molecule has 2 atom stereocenters. The summed E-state index contributed by atoms with van der Waals surface area (Å²) >= 11 is 0. The van der Waals surface area contributed by atoms with Gasteiger partial charge in [-0.2, -0.15) is 4.98 Å². The van der Waals surface area contributed by atoms with Crippen LogP contribution in [-0.2, 0) is 0 Å². The minimum atomic E-state index is -0.622. The number of hydrogen-bond acceptors (Lipinski definition) is 5. The van der Waals surface area contributed by atoms with Gasteiger partial charge in [0.1, 0.15) is 5.82 Å². The number of aryl methyl sites for hydroxylation is 1. The number of aromatic nitrogens is 2. The summed E-state index contributed by atoms with van der Waals surface area (Å²) in [4.78, 5) is 6.50. The van der Waals surface area contributed by atoms with Crippen LogP contribution in [0, 0.1) is 12.7 Å². The summed E-state index contributed by atoms with van der Waals surface area (Å²) in [5.41, 5.74) is 0.733. The minimum Gasteiger partial charge on any atom is -0.387 e. The number of hydrogen-bond donors (Lipinski definition) is 1. The summed E-state index contributed by atoms with van der Waals surface area (Å²) in [6.07, 6.45) is 1.43. The second-order valence-electron chi connectivity index (χ2n) is 5.85. The van der Waals surface area contributed by atoms with E-state index in [0.29, 0.717) is 18.3 Å². The summed E-state index contributed by atoms with van der Waals surface area (Å²) in [7, 11) is 0. The standard InChI is InChI=1S/C16H20FN3O2/c1-11-18-16(22-19-11)13-3-2-8-20(9-13)10-15(21)12-4-6-14(17)7-5-12/h4-7,13,15,21H,2-3,8-10H2,1H3/t13-,15-/m1/s1. The SMILES string of the molecule is Cc1noc([C@@H]2CCCN(C[C@@H](O)c3ccc(F)cc3)C2)n1. The summed E-state index contributed by atoms with van der Waals surface area (Å²) in [6, 6.07) is 6.00. The van der Waals surface area contributed by atoms with Crippen LogP contribution in [0.1, 0.15) is 42.1 Å². The summed E-state index contributed by atoms with van der Waals surface area (Å²) in [5.74, 6) is 1.26. The van der Waals surface area contributed by atoms with Crippen molar-refractivity contribution in [1.82, 2.24) is 15.0 Å². The molecule has 2 heterocycles. The lowest BCUT2D eigenvalue weighted by Crippen LogP contribution is -2.37. The maximum absolute atomic E-state index is 12.9. The van der Waals surface area contributed by atoms with Gasteiger partial charge in [0, 0.05) is 13.1 Å². The van der Waals surface area contributed by atoms with Crippen molar-refractivity contribution in [1.29, 1.82) is 0 Å². The predicted octanol–water partition coefficient (Wildman–Crippen LogP) is 2.43. The normalized spacial score (nSPS) is 21.0. The van der Waals surface area contributed by atoms with Gasteiger partial charge in [-0.25, -0.2) is 4.39 Å². The molecule has 118 valence electrons. The quantitative estimate of drug-likeness (QED) is 0.940.